The van der Waals surface area contributed by atoms with E-state index in [0.29, 0.717) is 10.8 Å². The van der Waals surface area contributed by atoms with Crippen LogP contribution in [0.3, 0.4) is 0 Å². The average molecular weight is 307 g/mol. The Bertz CT molecular complexity index is 478. The fraction of sp³-hybridized carbons (Fsp3) is 0.625. The summed E-state index contributed by atoms with van der Waals surface area (Å²) in [5, 5.41) is 0.570. The van der Waals surface area contributed by atoms with Gasteiger partial charge in [0.05, 0.1) is 5.56 Å². The number of aromatic nitrogens is 1. The molecule has 0 bridgehead atoms. The lowest BCUT2D eigenvalue weighted by Gasteiger charge is -2.25. The minimum absolute atomic E-state index is 0.121. The van der Waals surface area contributed by atoms with Gasteiger partial charge >= 0.3 is 0 Å². The van der Waals surface area contributed by atoms with Crippen LogP contribution in [0.2, 0.25) is 0 Å². The molecular formula is C16H25N3OS. The molecule has 2 rings (SSSR count). The van der Waals surface area contributed by atoms with Crippen molar-refractivity contribution in [3.8, 4) is 0 Å². The van der Waals surface area contributed by atoms with Gasteiger partial charge in [0, 0.05) is 38.6 Å². The van der Waals surface area contributed by atoms with Crippen molar-refractivity contribution in [2.75, 3.05) is 37.8 Å². The maximum Gasteiger partial charge on any atom is 0.257 e. The molecule has 4 nitrogen and oxygen atoms in total. The number of carbonyl (C=O) groups is 1. The number of likely N-dealkylation sites (tertiary alicyclic amines) is 1. The van der Waals surface area contributed by atoms with Crippen molar-refractivity contribution in [1.29, 1.82) is 0 Å². The summed E-state index contributed by atoms with van der Waals surface area (Å²) in [5.74, 6) is 1.99. The first-order chi connectivity index (χ1) is 10.1. The second-order valence-electron chi connectivity index (χ2n) is 5.59. The number of thioether (sulfide) groups is 1. The first-order valence-electron chi connectivity index (χ1n) is 7.66. The van der Waals surface area contributed by atoms with Gasteiger partial charge in [0.25, 0.3) is 5.91 Å². The maximum atomic E-state index is 12.9. The predicted octanol–water partition coefficient (Wildman–Crippen LogP) is 2.90. The summed E-state index contributed by atoms with van der Waals surface area (Å²) in [7, 11) is 3.86. The van der Waals surface area contributed by atoms with Gasteiger partial charge in [-0.3, -0.25) is 4.79 Å². The molecule has 1 saturated heterocycles. The monoisotopic (exact) mass is 307 g/mol. The number of amides is 1. The summed E-state index contributed by atoms with van der Waals surface area (Å²) in [6.45, 7) is 3.91. The lowest BCUT2D eigenvalue weighted by Crippen LogP contribution is -2.36. The molecule has 116 valence electrons. The third-order valence-corrected chi connectivity index (χ3v) is 4.95. The van der Waals surface area contributed by atoms with Crippen LogP contribution in [-0.4, -0.2) is 54.0 Å². The molecule has 1 aromatic rings. The van der Waals surface area contributed by atoms with Crippen LogP contribution >= 0.6 is 11.8 Å². The standard InChI is InChI=1S/C16H25N3OS/c1-4-21-13-8-5-6-11-19(12-13)16(20)14-9-7-10-17-15(14)18(2)3/h7,9-10,13H,4-6,8,11-12H2,1-3H3/t13-/m1/s1. The van der Waals surface area contributed by atoms with Crippen molar-refractivity contribution < 1.29 is 4.79 Å². The van der Waals surface area contributed by atoms with Crippen LogP contribution in [0.1, 0.15) is 36.5 Å². The van der Waals surface area contributed by atoms with Crippen LogP contribution < -0.4 is 4.90 Å². The summed E-state index contributed by atoms with van der Waals surface area (Å²) in [4.78, 5) is 21.1. The molecule has 0 radical (unpaired) electrons. The van der Waals surface area contributed by atoms with Crippen LogP contribution in [0.5, 0.6) is 0 Å². The minimum Gasteiger partial charge on any atom is -0.362 e. The number of hydrogen-bond acceptors (Lipinski definition) is 4. The van der Waals surface area contributed by atoms with Crippen molar-refractivity contribution in [2.24, 2.45) is 0 Å². The maximum absolute atomic E-state index is 12.9. The summed E-state index contributed by atoms with van der Waals surface area (Å²) in [6.07, 6.45) is 5.28. The Kier molecular flexibility index (Phi) is 5.91. The van der Waals surface area contributed by atoms with Crippen LogP contribution in [-0.2, 0) is 0 Å². The van der Waals surface area contributed by atoms with E-state index in [1.807, 2.05) is 47.8 Å². The van der Waals surface area contributed by atoms with Crippen LogP contribution in [0.4, 0.5) is 5.82 Å². The third-order valence-electron chi connectivity index (χ3n) is 3.76. The predicted molar refractivity (Wildman–Crippen MR) is 90.2 cm³/mol. The van der Waals surface area contributed by atoms with E-state index in [4.69, 9.17) is 0 Å². The van der Waals surface area contributed by atoms with Gasteiger partial charge in [-0.05, 0) is 30.7 Å². The Labute approximate surface area is 131 Å². The SMILES string of the molecule is CCS[C@@H]1CCCCN(C(=O)c2cccnc2N(C)C)C1. The van der Waals surface area contributed by atoms with E-state index in [2.05, 4.69) is 11.9 Å². The van der Waals surface area contributed by atoms with Crippen molar-refractivity contribution in [3.05, 3.63) is 23.9 Å². The molecule has 1 amide bonds. The van der Waals surface area contributed by atoms with E-state index in [1.165, 1.54) is 12.8 Å². The molecule has 1 aliphatic rings. The lowest BCUT2D eigenvalue weighted by molar-refractivity contribution is 0.0763. The Hall–Kier alpha value is -1.23. The van der Waals surface area contributed by atoms with Gasteiger partial charge in [-0.1, -0.05) is 13.3 Å². The normalized spacial score (nSPS) is 19.2. The van der Waals surface area contributed by atoms with E-state index >= 15 is 0 Å². The second-order valence-corrected chi connectivity index (χ2v) is 7.17. The summed E-state index contributed by atoms with van der Waals surface area (Å²) in [5.41, 5.74) is 0.713. The molecule has 0 saturated carbocycles. The smallest absolute Gasteiger partial charge is 0.257 e. The van der Waals surface area contributed by atoms with Gasteiger partial charge in [0.2, 0.25) is 0 Å². The Balaban J connectivity index is 2.18. The van der Waals surface area contributed by atoms with Gasteiger partial charge in [-0.15, -0.1) is 0 Å². The average Bonchev–Trinajstić information content (AvgIpc) is 2.72. The first-order valence-corrected chi connectivity index (χ1v) is 8.71. The Morgan fingerprint density at radius 1 is 1.48 bits per heavy atom. The summed E-state index contributed by atoms with van der Waals surface area (Å²) < 4.78 is 0. The Morgan fingerprint density at radius 2 is 2.29 bits per heavy atom. The number of nitrogens with zero attached hydrogens (tertiary/aromatic N) is 3. The van der Waals surface area contributed by atoms with Gasteiger partial charge in [0.1, 0.15) is 5.82 Å². The highest BCUT2D eigenvalue weighted by atomic mass is 32.2. The van der Waals surface area contributed by atoms with Crippen molar-refractivity contribution >= 4 is 23.5 Å². The molecule has 0 aromatic carbocycles. The van der Waals surface area contributed by atoms with Crippen LogP contribution in [0.25, 0.3) is 0 Å². The first kappa shape index (κ1) is 16.1. The second kappa shape index (κ2) is 7.69. The molecule has 1 fully saturated rings. The highest BCUT2D eigenvalue weighted by Crippen LogP contribution is 2.24. The van der Waals surface area contributed by atoms with E-state index in [1.54, 1.807) is 6.20 Å². The van der Waals surface area contributed by atoms with Gasteiger partial charge in [-0.25, -0.2) is 4.98 Å². The lowest BCUT2D eigenvalue weighted by atomic mass is 10.2. The fourth-order valence-electron chi connectivity index (χ4n) is 2.75. The van der Waals surface area contributed by atoms with E-state index in [-0.39, 0.29) is 5.91 Å². The molecule has 1 atom stereocenters. The number of hydrogen-bond donors (Lipinski definition) is 0. The van der Waals surface area contributed by atoms with Gasteiger partial charge < -0.3 is 9.80 Å². The number of anilines is 1. The third kappa shape index (κ3) is 4.13. The zero-order valence-corrected chi connectivity index (χ0v) is 14.0. The zero-order chi connectivity index (χ0) is 15.2. The highest BCUT2D eigenvalue weighted by molar-refractivity contribution is 7.99. The number of rotatable bonds is 4. The van der Waals surface area contributed by atoms with Gasteiger partial charge in [0.15, 0.2) is 0 Å². The summed E-state index contributed by atoms with van der Waals surface area (Å²) in [6, 6.07) is 3.73. The molecule has 5 heteroatoms. The molecule has 1 aromatic heterocycles. The number of carbonyl (C=O) groups excluding carboxylic acids is 1. The molecule has 0 N–H and O–H groups in total. The molecule has 2 heterocycles. The summed E-state index contributed by atoms with van der Waals surface area (Å²) >= 11 is 1.97. The highest BCUT2D eigenvalue weighted by Gasteiger charge is 2.25. The molecule has 0 aliphatic carbocycles. The van der Waals surface area contributed by atoms with E-state index in [9.17, 15) is 4.79 Å². The topological polar surface area (TPSA) is 36.4 Å². The van der Waals surface area contributed by atoms with E-state index < -0.39 is 0 Å². The molecule has 0 spiro atoms. The minimum atomic E-state index is 0.121. The molecule has 0 unspecified atom stereocenters. The van der Waals surface area contributed by atoms with Crippen molar-refractivity contribution in [1.82, 2.24) is 9.88 Å². The largest absolute Gasteiger partial charge is 0.362 e. The van der Waals surface area contributed by atoms with Crippen molar-refractivity contribution in [3.63, 3.8) is 0 Å². The van der Waals surface area contributed by atoms with E-state index in [0.717, 1.165) is 31.1 Å². The quantitative estimate of drug-likeness (QED) is 0.857. The van der Waals surface area contributed by atoms with Crippen LogP contribution in [0, 0.1) is 0 Å². The number of pyridine rings is 1. The fourth-order valence-corrected chi connectivity index (χ4v) is 3.84. The zero-order valence-electron chi connectivity index (χ0n) is 13.2. The Morgan fingerprint density at radius 3 is 3.00 bits per heavy atom. The molecule has 21 heavy (non-hydrogen) atoms. The van der Waals surface area contributed by atoms with Crippen molar-refractivity contribution in [2.45, 2.75) is 31.4 Å². The van der Waals surface area contributed by atoms with Gasteiger partial charge in [-0.2, -0.15) is 11.8 Å². The molecule has 1 aliphatic heterocycles. The van der Waals surface area contributed by atoms with Crippen LogP contribution in [0.15, 0.2) is 18.3 Å². The molecular weight excluding hydrogens is 282 g/mol.